The highest BCUT2D eigenvalue weighted by molar-refractivity contribution is 5.75. The maximum atomic E-state index is 11.7. The molecule has 2 aliphatic rings. The molecular formula is C18H27N5O. The highest BCUT2D eigenvalue weighted by Gasteiger charge is 2.25. The van der Waals surface area contributed by atoms with Crippen LogP contribution in [0.25, 0.3) is 11.0 Å². The Kier molecular flexibility index (Phi) is 4.43. The summed E-state index contributed by atoms with van der Waals surface area (Å²) in [4.78, 5) is 19.8. The third kappa shape index (κ3) is 3.14. The number of nitrogens with zero attached hydrogens (tertiary/aromatic N) is 3. The highest BCUT2D eigenvalue weighted by atomic mass is 16.1. The largest absolute Gasteiger partial charge is 0.326 e. The summed E-state index contributed by atoms with van der Waals surface area (Å²) in [7, 11) is 1.82. The van der Waals surface area contributed by atoms with Crippen LogP contribution in [0.1, 0.15) is 18.4 Å². The molecule has 6 heteroatoms. The summed E-state index contributed by atoms with van der Waals surface area (Å²) in [5, 5.41) is 3.44. The smallest absolute Gasteiger partial charge is 0.314 e. The van der Waals surface area contributed by atoms with Gasteiger partial charge in [-0.3, -0.25) is 14.4 Å². The number of hydrogen-bond donors (Lipinski definition) is 2. The van der Waals surface area contributed by atoms with Gasteiger partial charge in [-0.2, -0.15) is 0 Å². The van der Waals surface area contributed by atoms with Gasteiger partial charge >= 0.3 is 5.69 Å². The molecule has 1 aromatic carbocycles. The third-order valence-corrected chi connectivity index (χ3v) is 5.60. The topological polar surface area (TPSA) is 56.3 Å². The zero-order chi connectivity index (χ0) is 16.5. The van der Waals surface area contributed by atoms with E-state index in [-0.39, 0.29) is 5.69 Å². The molecule has 0 aliphatic carbocycles. The predicted molar refractivity (Wildman–Crippen MR) is 96.3 cm³/mol. The van der Waals surface area contributed by atoms with Crippen LogP contribution in [0.2, 0.25) is 0 Å². The van der Waals surface area contributed by atoms with Crippen LogP contribution in [0, 0.1) is 0 Å². The Morgan fingerprint density at radius 2 is 1.88 bits per heavy atom. The van der Waals surface area contributed by atoms with Gasteiger partial charge in [0.15, 0.2) is 0 Å². The van der Waals surface area contributed by atoms with Crippen LogP contribution in [0.3, 0.4) is 0 Å². The lowest BCUT2D eigenvalue weighted by Crippen LogP contribution is -2.51. The molecule has 0 amide bonds. The second kappa shape index (κ2) is 6.70. The second-order valence-electron chi connectivity index (χ2n) is 7.13. The van der Waals surface area contributed by atoms with Gasteiger partial charge in [0.05, 0.1) is 11.0 Å². The van der Waals surface area contributed by atoms with E-state index in [4.69, 9.17) is 0 Å². The molecule has 2 fully saturated rings. The average molecular weight is 329 g/mol. The lowest BCUT2D eigenvalue weighted by molar-refractivity contribution is 0.0948. The van der Waals surface area contributed by atoms with Gasteiger partial charge in [-0.25, -0.2) is 4.79 Å². The summed E-state index contributed by atoms with van der Waals surface area (Å²) in [6.45, 7) is 7.97. The van der Waals surface area contributed by atoms with Gasteiger partial charge in [-0.1, -0.05) is 6.07 Å². The number of piperazine rings is 1. The van der Waals surface area contributed by atoms with Crippen LogP contribution in [0.4, 0.5) is 0 Å². The number of benzene rings is 1. The molecule has 0 spiro atoms. The van der Waals surface area contributed by atoms with E-state index in [1.165, 1.54) is 44.6 Å². The molecule has 2 saturated heterocycles. The first-order valence-electron chi connectivity index (χ1n) is 9.05. The first-order chi connectivity index (χ1) is 11.7. The van der Waals surface area contributed by atoms with E-state index in [9.17, 15) is 4.79 Å². The molecule has 4 rings (SSSR count). The maximum absolute atomic E-state index is 11.7. The molecule has 0 radical (unpaired) electrons. The molecule has 130 valence electrons. The molecule has 0 saturated carbocycles. The normalized spacial score (nSPS) is 21.5. The van der Waals surface area contributed by atoms with Crippen molar-refractivity contribution >= 4 is 11.0 Å². The molecular weight excluding hydrogens is 302 g/mol. The van der Waals surface area contributed by atoms with Crippen LogP contribution in [0.5, 0.6) is 0 Å². The summed E-state index contributed by atoms with van der Waals surface area (Å²) in [5.74, 6) is 0. The second-order valence-corrected chi connectivity index (χ2v) is 7.13. The lowest BCUT2D eigenvalue weighted by atomic mass is 10.0. The van der Waals surface area contributed by atoms with Crippen molar-refractivity contribution in [1.29, 1.82) is 0 Å². The van der Waals surface area contributed by atoms with Crippen molar-refractivity contribution in [3.05, 3.63) is 34.2 Å². The molecule has 0 bridgehead atoms. The van der Waals surface area contributed by atoms with E-state index in [1.54, 1.807) is 4.57 Å². The van der Waals surface area contributed by atoms with Crippen LogP contribution >= 0.6 is 0 Å². The number of aromatic amines is 1. The van der Waals surface area contributed by atoms with E-state index in [0.29, 0.717) is 0 Å². The number of aryl methyl sites for hydroxylation is 1. The molecule has 3 heterocycles. The van der Waals surface area contributed by atoms with Gasteiger partial charge in [0.2, 0.25) is 0 Å². The predicted octanol–water partition coefficient (Wildman–Crippen LogP) is 0.736. The Bertz CT molecular complexity index is 750. The Labute approximate surface area is 142 Å². The van der Waals surface area contributed by atoms with Gasteiger partial charge in [0.25, 0.3) is 0 Å². The molecule has 24 heavy (non-hydrogen) atoms. The number of nitrogens with one attached hydrogen (secondary N) is 2. The van der Waals surface area contributed by atoms with E-state index >= 15 is 0 Å². The number of likely N-dealkylation sites (tertiary alicyclic amines) is 1. The minimum absolute atomic E-state index is 0.0426. The number of hydrogen-bond acceptors (Lipinski definition) is 4. The fourth-order valence-electron chi connectivity index (χ4n) is 4.12. The van der Waals surface area contributed by atoms with Crippen molar-refractivity contribution in [3.8, 4) is 0 Å². The molecule has 0 unspecified atom stereocenters. The van der Waals surface area contributed by atoms with E-state index in [2.05, 4.69) is 32.2 Å². The summed E-state index contributed by atoms with van der Waals surface area (Å²) in [6.07, 6.45) is 2.54. The molecule has 2 aliphatic heterocycles. The van der Waals surface area contributed by atoms with E-state index in [0.717, 1.165) is 36.7 Å². The Balaban J connectivity index is 1.38. The number of imidazole rings is 1. The summed E-state index contributed by atoms with van der Waals surface area (Å²) < 4.78 is 1.69. The van der Waals surface area contributed by atoms with Crippen molar-refractivity contribution in [3.63, 3.8) is 0 Å². The Morgan fingerprint density at radius 3 is 2.62 bits per heavy atom. The zero-order valence-corrected chi connectivity index (χ0v) is 14.4. The first kappa shape index (κ1) is 15.9. The van der Waals surface area contributed by atoms with Crippen LogP contribution in [-0.2, 0) is 13.6 Å². The van der Waals surface area contributed by atoms with Gasteiger partial charge in [0.1, 0.15) is 0 Å². The van der Waals surface area contributed by atoms with E-state index < -0.39 is 0 Å². The van der Waals surface area contributed by atoms with Crippen LogP contribution in [0.15, 0.2) is 23.0 Å². The minimum Gasteiger partial charge on any atom is -0.314 e. The van der Waals surface area contributed by atoms with Crippen molar-refractivity contribution in [2.45, 2.75) is 25.4 Å². The number of rotatable bonds is 3. The fraction of sp³-hybridized carbons (Fsp3) is 0.611. The minimum atomic E-state index is -0.0426. The Morgan fingerprint density at radius 1 is 1.12 bits per heavy atom. The zero-order valence-electron chi connectivity index (χ0n) is 14.4. The first-order valence-corrected chi connectivity index (χ1v) is 9.05. The Hall–Kier alpha value is -1.63. The summed E-state index contributed by atoms with van der Waals surface area (Å²) in [6, 6.07) is 7.08. The maximum Gasteiger partial charge on any atom is 0.326 e. The highest BCUT2D eigenvalue weighted by Crippen LogP contribution is 2.20. The molecule has 0 atom stereocenters. The standard InChI is InChI=1S/C18H27N5O/c1-21-17-12-14(2-3-16(17)20-18(21)24)13-22-8-4-15(5-9-22)23-10-6-19-7-11-23/h2-3,12,15,19H,4-11,13H2,1H3,(H,20,24). The number of aromatic nitrogens is 2. The van der Waals surface area contributed by atoms with Crippen molar-refractivity contribution in [2.24, 2.45) is 7.05 Å². The van der Waals surface area contributed by atoms with Gasteiger partial charge in [-0.15, -0.1) is 0 Å². The third-order valence-electron chi connectivity index (χ3n) is 5.60. The molecule has 6 nitrogen and oxygen atoms in total. The SMILES string of the molecule is Cn1c(=O)[nH]c2ccc(CN3CCC(N4CCNCC4)CC3)cc21. The van der Waals surface area contributed by atoms with E-state index in [1.807, 2.05) is 13.1 Å². The van der Waals surface area contributed by atoms with Gasteiger partial charge < -0.3 is 10.3 Å². The van der Waals surface area contributed by atoms with Crippen molar-refractivity contribution in [2.75, 3.05) is 39.3 Å². The van der Waals surface area contributed by atoms with Crippen molar-refractivity contribution < 1.29 is 0 Å². The van der Waals surface area contributed by atoms with Gasteiger partial charge in [-0.05, 0) is 43.6 Å². The number of piperidine rings is 1. The molecule has 1 aromatic heterocycles. The van der Waals surface area contributed by atoms with Crippen LogP contribution in [-0.4, -0.2) is 64.7 Å². The average Bonchev–Trinajstić information content (AvgIpc) is 2.91. The summed E-state index contributed by atoms with van der Waals surface area (Å²) in [5.41, 5.74) is 3.16. The van der Waals surface area contributed by atoms with Crippen LogP contribution < -0.4 is 11.0 Å². The summed E-state index contributed by atoms with van der Waals surface area (Å²) >= 11 is 0. The lowest BCUT2D eigenvalue weighted by Gasteiger charge is -2.40. The molecule has 2 N–H and O–H groups in total. The molecule has 2 aromatic rings. The van der Waals surface area contributed by atoms with Crippen molar-refractivity contribution in [1.82, 2.24) is 24.7 Å². The monoisotopic (exact) mass is 329 g/mol. The number of fused-ring (bicyclic) bond motifs is 1. The fourth-order valence-corrected chi connectivity index (χ4v) is 4.12. The van der Waals surface area contributed by atoms with Gasteiger partial charge in [0, 0.05) is 45.8 Å². The number of H-pyrrole nitrogens is 1. The quantitative estimate of drug-likeness (QED) is 0.872.